The summed E-state index contributed by atoms with van der Waals surface area (Å²) in [6.07, 6.45) is 10.3. The second-order valence-electron chi connectivity index (χ2n) is 8.06. The Morgan fingerprint density at radius 1 is 0.967 bits per heavy atom. The molecule has 0 aromatic heterocycles. The molecule has 1 heterocycles. The van der Waals surface area contributed by atoms with Gasteiger partial charge in [-0.25, -0.2) is 4.39 Å². The van der Waals surface area contributed by atoms with Crippen LogP contribution in [0.15, 0.2) is 41.3 Å². The third kappa shape index (κ3) is 6.00. The summed E-state index contributed by atoms with van der Waals surface area (Å²) >= 11 is 4.17. The zero-order valence-corrected chi connectivity index (χ0v) is 18.7. The Morgan fingerprint density at radius 2 is 1.63 bits per heavy atom. The van der Waals surface area contributed by atoms with E-state index in [0.29, 0.717) is 18.7 Å². The molecule has 2 aromatic carbocycles. The van der Waals surface area contributed by atoms with Gasteiger partial charge in [0.15, 0.2) is 0 Å². The molecule has 0 bridgehead atoms. The first-order chi connectivity index (χ1) is 14.6. The Morgan fingerprint density at radius 3 is 2.33 bits per heavy atom. The number of nitrogens with zero attached hydrogens (tertiary/aromatic N) is 1. The summed E-state index contributed by atoms with van der Waals surface area (Å²) in [5, 5.41) is 0. The zero-order valence-electron chi connectivity index (χ0n) is 17.8. The summed E-state index contributed by atoms with van der Waals surface area (Å²) in [4.78, 5) is 14.5. The van der Waals surface area contributed by atoms with Crippen molar-refractivity contribution in [1.29, 1.82) is 0 Å². The van der Waals surface area contributed by atoms with Crippen LogP contribution in [-0.2, 0) is 13.1 Å². The fourth-order valence-corrected chi connectivity index (χ4v) is 4.19. The maximum atomic E-state index is 13.7. The highest BCUT2D eigenvalue weighted by atomic mass is 32.1. The molecule has 2 aromatic rings. The molecule has 0 unspecified atom stereocenters. The normalized spacial score (nSPS) is 13.0. The van der Waals surface area contributed by atoms with Gasteiger partial charge in [0.25, 0.3) is 5.91 Å². The minimum Gasteiger partial charge on any atom is -0.494 e. The number of rotatable bonds is 12. The van der Waals surface area contributed by atoms with E-state index in [-0.39, 0.29) is 10.8 Å². The van der Waals surface area contributed by atoms with Gasteiger partial charge >= 0.3 is 0 Å². The molecule has 3 rings (SSSR count). The standard InChI is InChI=1S/C25H32FNO2S/c1-2-3-4-5-6-7-8-9-16-29-21-13-10-19(11-14-21)17-27-18-20-12-15-22(26)24(30)23(20)25(27)28/h10-15,30H,2-9,16-18H2,1H3. The van der Waals surface area contributed by atoms with E-state index >= 15 is 0 Å². The lowest BCUT2D eigenvalue weighted by molar-refractivity contribution is 0.0763. The second-order valence-corrected chi connectivity index (χ2v) is 8.51. The van der Waals surface area contributed by atoms with Crippen molar-refractivity contribution < 1.29 is 13.9 Å². The predicted molar refractivity (Wildman–Crippen MR) is 122 cm³/mol. The van der Waals surface area contributed by atoms with Crippen LogP contribution in [0.2, 0.25) is 0 Å². The van der Waals surface area contributed by atoms with Gasteiger partial charge in [-0.3, -0.25) is 4.79 Å². The molecule has 1 amide bonds. The molecule has 30 heavy (non-hydrogen) atoms. The van der Waals surface area contributed by atoms with E-state index in [2.05, 4.69) is 19.6 Å². The van der Waals surface area contributed by atoms with Gasteiger partial charge in [0.2, 0.25) is 0 Å². The average molecular weight is 430 g/mol. The summed E-state index contributed by atoms with van der Waals surface area (Å²) in [5.74, 6) is 0.243. The summed E-state index contributed by atoms with van der Waals surface area (Å²) in [6, 6.07) is 10.9. The third-order valence-electron chi connectivity index (χ3n) is 5.64. The van der Waals surface area contributed by atoms with Gasteiger partial charge in [0, 0.05) is 13.1 Å². The van der Waals surface area contributed by atoms with Crippen molar-refractivity contribution in [2.24, 2.45) is 0 Å². The molecule has 162 valence electrons. The molecular formula is C25H32FNO2S. The maximum Gasteiger partial charge on any atom is 0.256 e. The summed E-state index contributed by atoms with van der Waals surface area (Å²) in [5.41, 5.74) is 2.25. The molecule has 0 saturated carbocycles. The Labute approximate surface area is 185 Å². The molecule has 0 saturated heterocycles. The smallest absolute Gasteiger partial charge is 0.256 e. The minimum atomic E-state index is -0.453. The lowest BCUT2D eigenvalue weighted by Gasteiger charge is -2.16. The summed E-state index contributed by atoms with van der Waals surface area (Å²) in [7, 11) is 0. The summed E-state index contributed by atoms with van der Waals surface area (Å²) < 4.78 is 19.6. The maximum absolute atomic E-state index is 13.7. The first-order valence-corrected chi connectivity index (χ1v) is 11.6. The van der Waals surface area contributed by atoms with Crippen LogP contribution in [0.1, 0.15) is 79.8 Å². The van der Waals surface area contributed by atoms with Crippen LogP contribution >= 0.6 is 12.6 Å². The first kappa shape index (κ1) is 22.7. The number of amides is 1. The van der Waals surface area contributed by atoms with Crippen molar-refractivity contribution >= 4 is 18.5 Å². The lowest BCUT2D eigenvalue weighted by atomic mass is 10.1. The predicted octanol–water partition coefficient (Wildman–Crippen LogP) is 6.79. The number of halogens is 1. The molecule has 0 atom stereocenters. The van der Waals surface area contributed by atoms with Gasteiger partial charge in [-0.1, -0.05) is 70.1 Å². The minimum absolute atomic E-state index is 0.143. The fourth-order valence-electron chi connectivity index (χ4n) is 3.88. The zero-order chi connectivity index (χ0) is 21.3. The van der Waals surface area contributed by atoms with Crippen molar-refractivity contribution in [1.82, 2.24) is 4.90 Å². The number of carbonyl (C=O) groups is 1. The van der Waals surface area contributed by atoms with Gasteiger partial charge in [0.1, 0.15) is 11.6 Å². The van der Waals surface area contributed by atoms with Crippen LogP contribution in [0, 0.1) is 5.82 Å². The van der Waals surface area contributed by atoms with E-state index in [1.165, 1.54) is 51.0 Å². The van der Waals surface area contributed by atoms with E-state index in [4.69, 9.17) is 4.74 Å². The summed E-state index contributed by atoms with van der Waals surface area (Å²) in [6.45, 7) is 3.96. The molecule has 3 nitrogen and oxygen atoms in total. The number of thiol groups is 1. The van der Waals surface area contributed by atoms with Gasteiger partial charge in [-0.05, 0) is 35.7 Å². The van der Waals surface area contributed by atoms with E-state index < -0.39 is 5.82 Å². The molecule has 0 spiro atoms. The number of carbonyl (C=O) groups excluding carboxylic acids is 1. The van der Waals surface area contributed by atoms with Crippen molar-refractivity contribution in [3.8, 4) is 5.75 Å². The van der Waals surface area contributed by atoms with Gasteiger partial charge in [-0.15, -0.1) is 12.6 Å². The Hall–Kier alpha value is -2.01. The quantitative estimate of drug-likeness (QED) is 0.297. The third-order valence-corrected chi connectivity index (χ3v) is 6.08. The van der Waals surface area contributed by atoms with Gasteiger partial charge in [0.05, 0.1) is 17.1 Å². The van der Waals surface area contributed by atoms with Gasteiger partial charge in [-0.2, -0.15) is 0 Å². The van der Waals surface area contributed by atoms with Crippen molar-refractivity contribution in [2.45, 2.75) is 76.3 Å². The van der Waals surface area contributed by atoms with E-state index in [9.17, 15) is 9.18 Å². The van der Waals surface area contributed by atoms with E-state index in [1.54, 1.807) is 11.0 Å². The highest BCUT2D eigenvalue weighted by molar-refractivity contribution is 7.80. The van der Waals surface area contributed by atoms with Crippen LogP contribution in [0.4, 0.5) is 4.39 Å². The topological polar surface area (TPSA) is 29.5 Å². The van der Waals surface area contributed by atoms with Crippen molar-refractivity contribution in [3.05, 3.63) is 58.9 Å². The SMILES string of the molecule is CCCCCCCCCCOc1ccc(CN2Cc3ccc(F)c(S)c3C2=O)cc1. The number of ether oxygens (including phenoxy) is 1. The van der Waals surface area contributed by atoms with Gasteiger partial charge < -0.3 is 9.64 Å². The van der Waals surface area contributed by atoms with Crippen LogP contribution in [0.5, 0.6) is 5.75 Å². The van der Waals surface area contributed by atoms with E-state index in [1.807, 2.05) is 24.3 Å². The van der Waals surface area contributed by atoms with Crippen molar-refractivity contribution in [3.63, 3.8) is 0 Å². The van der Waals surface area contributed by atoms with E-state index in [0.717, 1.165) is 29.9 Å². The second kappa shape index (κ2) is 11.4. The molecule has 0 fully saturated rings. The molecule has 1 aliphatic heterocycles. The monoisotopic (exact) mass is 429 g/mol. The molecule has 0 N–H and O–H groups in total. The molecule has 0 radical (unpaired) electrons. The van der Waals surface area contributed by atoms with Crippen LogP contribution in [-0.4, -0.2) is 17.4 Å². The van der Waals surface area contributed by atoms with Crippen LogP contribution in [0.3, 0.4) is 0 Å². The molecule has 5 heteroatoms. The number of hydrogen-bond donors (Lipinski definition) is 1. The number of fused-ring (bicyclic) bond motifs is 1. The largest absolute Gasteiger partial charge is 0.494 e. The van der Waals surface area contributed by atoms with Crippen LogP contribution < -0.4 is 4.74 Å². The number of benzene rings is 2. The Bertz CT molecular complexity index is 838. The fraction of sp³-hybridized carbons (Fsp3) is 0.480. The molecule has 0 aliphatic carbocycles. The number of unbranched alkanes of at least 4 members (excludes halogenated alkanes) is 7. The lowest BCUT2D eigenvalue weighted by Crippen LogP contribution is -2.23. The first-order valence-electron chi connectivity index (χ1n) is 11.1. The average Bonchev–Trinajstić information content (AvgIpc) is 3.06. The van der Waals surface area contributed by atoms with Crippen molar-refractivity contribution in [2.75, 3.05) is 6.61 Å². The highest BCUT2D eigenvalue weighted by Gasteiger charge is 2.30. The Kier molecular flexibility index (Phi) is 8.61. The molecule has 1 aliphatic rings. The molecular weight excluding hydrogens is 397 g/mol. The number of hydrogen-bond acceptors (Lipinski definition) is 3. The van der Waals surface area contributed by atoms with Crippen LogP contribution in [0.25, 0.3) is 0 Å². The Balaban J connectivity index is 1.39. The highest BCUT2D eigenvalue weighted by Crippen LogP contribution is 2.31.